The zero-order valence-electron chi connectivity index (χ0n) is 16.4. The van der Waals surface area contributed by atoms with E-state index in [9.17, 15) is 9.59 Å². The zero-order chi connectivity index (χ0) is 21.0. The molecule has 0 bridgehead atoms. The average Bonchev–Trinajstić information content (AvgIpc) is 2.78. The second kappa shape index (κ2) is 12.4. The smallest absolute Gasteiger partial charge is 0.417 e. The van der Waals surface area contributed by atoms with Crippen molar-refractivity contribution in [1.82, 2.24) is 0 Å². The van der Waals surface area contributed by atoms with Crippen molar-refractivity contribution in [3.05, 3.63) is 60.7 Å². The summed E-state index contributed by atoms with van der Waals surface area (Å²) >= 11 is 3.33. The lowest BCUT2D eigenvalue weighted by Gasteiger charge is -2.21. The predicted molar refractivity (Wildman–Crippen MR) is 118 cm³/mol. The zero-order valence-corrected chi connectivity index (χ0v) is 18.1. The first kappa shape index (κ1) is 22.4. The first-order chi connectivity index (χ1) is 14.7. The Morgan fingerprint density at radius 1 is 0.700 bits per heavy atom. The van der Waals surface area contributed by atoms with Crippen LogP contribution >= 0.6 is 23.5 Å². The molecule has 0 saturated carbocycles. The Kier molecular flexibility index (Phi) is 9.24. The summed E-state index contributed by atoms with van der Waals surface area (Å²) in [7, 11) is 0. The van der Waals surface area contributed by atoms with Crippen molar-refractivity contribution < 1.29 is 28.5 Å². The Morgan fingerprint density at radius 3 is 1.50 bits per heavy atom. The molecule has 1 saturated heterocycles. The third-order valence-corrected chi connectivity index (χ3v) is 6.51. The van der Waals surface area contributed by atoms with Gasteiger partial charge in [-0.1, -0.05) is 36.4 Å². The van der Waals surface area contributed by atoms with Gasteiger partial charge in [-0.3, -0.25) is 0 Å². The molecule has 30 heavy (non-hydrogen) atoms. The first-order valence-corrected chi connectivity index (χ1v) is 11.9. The highest BCUT2D eigenvalue weighted by Crippen LogP contribution is 2.17. The maximum Gasteiger partial charge on any atom is 0.417 e. The van der Waals surface area contributed by atoms with Crippen LogP contribution in [0.25, 0.3) is 0 Å². The van der Waals surface area contributed by atoms with Gasteiger partial charge in [-0.2, -0.15) is 23.5 Å². The summed E-state index contributed by atoms with van der Waals surface area (Å²) in [6.45, 7) is 0.341. The van der Waals surface area contributed by atoms with Crippen LogP contribution in [0.1, 0.15) is 0 Å². The molecule has 0 aliphatic carbocycles. The lowest BCUT2D eigenvalue weighted by atomic mass is 10.3. The molecule has 1 aliphatic rings. The van der Waals surface area contributed by atoms with Crippen LogP contribution in [0.5, 0.6) is 11.5 Å². The van der Waals surface area contributed by atoms with Gasteiger partial charge in [0.25, 0.3) is 0 Å². The normalized spacial score (nSPS) is 20.8. The highest BCUT2D eigenvalue weighted by molar-refractivity contribution is 8.02. The molecule has 1 fully saturated rings. The maximum absolute atomic E-state index is 12.3. The number of cyclic esters (lactones) is 2. The van der Waals surface area contributed by atoms with Crippen molar-refractivity contribution in [1.29, 1.82) is 0 Å². The molecule has 1 heterocycles. The molecule has 1 aliphatic heterocycles. The van der Waals surface area contributed by atoms with Gasteiger partial charge in [-0.25, -0.2) is 9.59 Å². The molecule has 0 N–H and O–H groups in total. The molecule has 160 valence electrons. The van der Waals surface area contributed by atoms with Crippen LogP contribution in [0.4, 0.5) is 0 Å². The maximum atomic E-state index is 12.3. The minimum absolute atomic E-state index is 0.170. The quantitative estimate of drug-likeness (QED) is 0.492. The molecule has 2 aromatic carbocycles. The molecule has 0 spiro atoms. The summed E-state index contributed by atoms with van der Waals surface area (Å²) in [6.07, 6.45) is -1.09. The van der Waals surface area contributed by atoms with Crippen LogP contribution in [-0.2, 0) is 19.1 Å². The first-order valence-electron chi connectivity index (χ1n) is 9.63. The van der Waals surface area contributed by atoms with Gasteiger partial charge in [0.15, 0.2) is 0 Å². The van der Waals surface area contributed by atoms with Crippen LogP contribution in [0.2, 0.25) is 0 Å². The fourth-order valence-corrected chi connectivity index (χ4v) is 4.72. The fourth-order valence-electron chi connectivity index (χ4n) is 2.59. The molecular weight excluding hydrogens is 424 g/mol. The van der Waals surface area contributed by atoms with E-state index < -0.39 is 24.1 Å². The third-order valence-electron chi connectivity index (χ3n) is 4.05. The molecule has 2 unspecified atom stereocenters. The van der Waals surface area contributed by atoms with E-state index in [0.29, 0.717) is 23.0 Å². The van der Waals surface area contributed by atoms with E-state index in [1.165, 1.54) is 0 Å². The Bertz CT molecular complexity index is 719. The van der Waals surface area contributed by atoms with Crippen molar-refractivity contribution in [2.75, 3.05) is 36.2 Å². The van der Waals surface area contributed by atoms with E-state index in [0.717, 1.165) is 11.5 Å². The van der Waals surface area contributed by atoms with Crippen LogP contribution in [-0.4, -0.2) is 60.4 Å². The minimum Gasteiger partial charge on any atom is -0.490 e. The lowest BCUT2D eigenvalue weighted by molar-refractivity contribution is -0.174. The van der Waals surface area contributed by atoms with E-state index in [1.54, 1.807) is 23.5 Å². The molecular formula is C22H24O6S2. The number of para-hydroxylation sites is 2. The van der Waals surface area contributed by atoms with Gasteiger partial charge < -0.3 is 18.9 Å². The second-order valence-electron chi connectivity index (χ2n) is 6.45. The summed E-state index contributed by atoms with van der Waals surface area (Å²) in [4.78, 5) is 24.5. The van der Waals surface area contributed by atoms with Gasteiger partial charge in [0.05, 0.1) is 0 Å². The third kappa shape index (κ3) is 7.84. The van der Waals surface area contributed by atoms with E-state index in [1.807, 2.05) is 60.7 Å². The molecule has 2 atom stereocenters. The predicted octanol–water partition coefficient (Wildman–Crippen LogP) is 3.45. The van der Waals surface area contributed by atoms with Crippen LogP contribution < -0.4 is 9.47 Å². The summed E-state index contributed by atoms with van der Waals surface area (Å²) < 4.78 is 22.1. The highest BCUT2D eigenvalue weighted by Gasteiger charge is 2.27. The van der Waals surface area contributed by atoms with E-state index in [-0.39, 0.29) is 13.2 Å². The standard InChI is InChI=1S/C22H24O6S2/c23-21-22(24)28-20(14-26-18-9-5-2-6-10-18)16-30-12-11-29-15-19(27-21)13-25-17-7-3-1-4-8-17/h1-10,19-20H,11-16H2. The van der Waals surface area contributed by atoms with Crippen molar-refractivity contribution in [2.24, 2.45) is 0 Å². The summed E-state index contributed by atoms with van der Waals surface area (Å²) in [5.74, 6) is 2.23. The highest BCUT2D eigenvalue weighted by atomic mass is 32.2. The van der Waals surface area contributed by atoms with Crippen molar-refractivity contribution in [3.63, 3.8) is 0 Å². The van der Waals surface area contributed by atoms with Crippen molar-refractivity contribution in [2.45, 2.75) is 12.2 Å². The number of hydrogen-bond donors (Lipinski definition) is 0. The monoisotopic (exact) mass is 448 g/mol. The number of benzene rings is 2. The van der Waals surface area contributed by atoms with Crippen LogP contribution in [0.3, 0.4) is 0 Å². The minimum atomic E-state index is -1.01. The topological polar surface area (TPSA) is 71.1 Å². The Hall–Kier alpha value is -2.32. The molecule has 0 aromatic heterocycles. The van der Waals surface area contributed by atoms with E-state index >= 15 is 0 Å². The van der Waals surface area contributed by atoms with Crippen molar-refractivity contribution >= 4 is 35.5 Å². The number of esters is 2. The Balaban J connectivity index is 1.55. The number of carbonyl (C=O) groups excluding carboxylic acids is 2. The molecule has 0 amide bonds. The van der Waals surface area contributed by atoms with Crippen LogP contribution in [0, 0.1) is 0 Å². The summed E-state index contributed by atoms with van der Waals surface area (Å²) in [5.41, 5.74) is 0. The molecule has 2 aromatic rings. The average molecular weight is 449 g/mol. The Morgan fingerprint density at radius 2 is 1.10 bits per heavy atom. The van der Waals surface area contributed by atoms with Gasteiger partial charge in [0.2, 0.25) is 0 Å². The number of thioether (sulfide) groups is 2. The van der Waals surface area contributed by atoms with Crippen LogP contribution in [0.15, 0.2) is 60.7 Å². The van der Waals surface area contributed by atoms with E-state index in [4.69, 9.17) is 18.9 Å². The molecule has 0 radical (unpaired) electrons. The van der Waals surface area contributed by atoms with Gasteiger partial charge >= 0.3 is 11.9 Å². The van der Waals surface area contributed by atoms with Gasteiger partial charge in [-0.05, 0) is 24.3 Å². The largest absolute Gasteiger partial charge is 0.490 e. The SMILES string of the molecule is O=C1OC(COc2ccccc2)CSCCSCC(COc2ccccc2)OC1=O. The van der Waals surface area contributed by atoms with Gasteiger partial charge in [-0.15, -0.1) is 0 Å². The molecule has 3 rings (SSSR count). The van der Waals surface area contributed by atoms with Crippen molar-refractivity contribution in [3.8, 4) is 11.5 Å². The summed E-state index contributed by atoms with van der Waals surface area (Å²) in [5, 5.41) is 0. The summed E-state index contributed by atoms with van der Waals surface area (Å²) in [6, 6.07) is 18.5. The molecule has 6 nitrogen and oxygen atoms in total. The Labute approximate surface area is 184 Å². The van der Waals surface area contributed by atoms with E-state index in [2.05, 4.69) is 0 Å². The number of hydrogen-bond acceptors (Lipinski definition) is 8. The van der Waals surface area contributed by atoms with Gasteiger partial charge in [0.1, 0.15) is 36.9 Å². The number of ether oxygens (including phenoxy) is 4. The fraction of sp³-hybridized carbons (Fsp3) is 0.364. The second-order valence-corrected chi connectivity index (χ2v) is 8.75. The lowest BCUT2D eigenvalue weighted by Crippen LogP contribution is -2.36. The molecule has 8 heteroatoms. The van der Waals surface area contributed by atoms with Gasteiger partial charge in [0, 0.05) is 23.0 Å². The number of rotatable bonds is 6. The number of carbonyl (C=O) groups is 2.